The minimum Gasteiger partial charge on any atom is -0.324 e. The molecule has 3 rings (SSSR count). The summed E-state index contributed by atoms with van der Waals surface area (Å²) < 4.78 is 15.0. The molecule has 1 aromatic heterocycles. The zero-order valence-corrected chi connectivity index (χ0v) is 14.5. The number of rotatable bonds is 4. The number of benzene rings is 2. The van der Waals surface area contributed by atoms with Crippen LogP contribution in [-0.4, -0.2) is 15.5 Å². The summed E-state index contributed by atoms with van der Waals surface area (Å²) in [6.45, 7) is 3.71. The monoisotopic (exact) mass is 351 g/mol. The molecule has 0 unspecified atom stereocenters. The number of aromatic nitrogens is 2. The summed E-state index contributed by atoms with van der Waals surface area (Å²) in [4.78, 5) is 28.6. The molecule has 1 heterocycles. The van der Waals surface area contributed by atoms with Gasteiger partial charge in [0.1, 0.15) is 12.4 Å². The van der Waals surface area contributed by atoms with Crippen LogP contribution in [0.3, 0.4) is 0 Å². The largest absolute Gasteiger partial charge is 0.324 e. The van der Waals surface area contributed by atoms with Gasteiger partial charge in [-0.05, 0) is 43.2 Å². The maximum atomic E-state index is 13.8. The number of amides is 1. The summed E-state index contributed by atoms with van der Waals surface area (Å²) in [6.07, 6.45) is 1.26. The van der Waals surface area contributed by atoms with Gasteiger partial charge in [0, 0.05) is 17.3 Å². The lowest BCUT2D eigenvalue weighted by atomic mass is 10.1. The first-order chi connectivity index (χ1) is 12.5. The predicted molar refractivity (Wildman–Crippen MR) is 98.4 cm³/mol. The fraction of sp³-hybridized carbons (Fsp3) is 0.150. The van der Waals surface area contributed by atoms with Crippen LogP contribution in [0, 0.1) is 19.7 Å². The molecule has 5 nitrogen and oxygen atoms in total. The molecule has 6 heteroatoms. The Hall–Kier alpha value is -3.28. The lowest BCUT2D eigenvalue weighted by molar-refractivity contribution is -0.116. The van der Waals surface area contributed by atoms with Crippen LogP contribution >= 0.6 is 0 Å². The quantitative estimate of drug-likeness (QED) is 0.784. The van der Waals surface area contributed by atoms with Crippen LogP contribution in [0.2, 0.25) is 0 Å². The van der Waals surface area contributed by atoms with Crippen molar-refractivity contribution >= 4 is 11.6 Å². The molecule has 3 aromatic rings. The molecule has 2 aromatic carbocycles. The van der Waals surface area contributed by atoms with E-state index in [2.05, 4.69) is 10.3 Å². The van der Waals surface area contributed by atoms with Gasteiger partial charge < -0.3 is 5.32 Å². The fourth-order valence-corrected chi connectivity index (χ4v) is 2.59. The van der Waals surface area contributed by atoms with Gasteiger partial charge in [-0.1, -0.05) is 24.3 Å². The van der Waals surface area contributed by atoms with E-state index >= 15 is 0 Å². The molecule has 1 N–H and O–H groups in total. The van der Waals surface area contributed by atoms with Crippen LogP contribution in [0.25, 0.3) is 11.3 Å². The zero-order valence-electron chi connectivity index (χ0n) is 14.5. The molecule has 132 valence electrons. The molecule has 0 bridgehead atoms. The first-order valence-electron chi connectivity index (χ1n) is 8.13. The van der Waals surface area contributed by atoms with Crippen molar-refractivity contribution in [2.75, 3.05) is 5.32 Å². The number of carbonyl (C=O) groups excluding carboxylic acids is 1. The van der Waals surface area contributed by atoms with Crippen LogP contribution in [0.1, 0.15) is 11.1 Å². The topological polar surface area (TPSA) is 64.0 Å². The molecular weight excluding hydrogens is 333 g/mol. The van der Waals surface area contributed by atoms with Crippen LogP contribution in [0.5, 0.6) is 0 Å². The summed E-state index contributed by atoms with van der Waals surface area (Å²) in [5.41, 5.74) is 2.81. The van der Waals surface area contributed by atoms with E-state index < -0.39 is 11.4 Å². The second-order valence-electron chi connectivity index (χ2n) is 6.02. The second-order valence-corrected chi connectivity index (χ2v) is 6.02. The van der Waals surface area contributed by atoms with Crippen molar-refractivity contribution in [1.29, 1.82) is 0 Å². The minimum atomic E-state index is -0.454. The van der Waals surface area contributed by atoms with E-state index in [0.717, 1.165) is 11.1 Å². The maximum absolute atomic E-state index is 13.8. The van der Waals surface area contributed by atoms with Crippen molar-refractivity contribution in [2.24, 2.45) is 0 Å². The Morgan fingerprint density at radius 1 is 1.15 bits per heavy atom. The van der Waals surface area contributed by atoms with E-state index in [4.69, 9.17) is 0 Å². The van der Waals surface area contributed by atoms with Crippen molar-refractivity contribution in [1.82, 2.24) is 9.55 Å². The van der Waals surface area contributed by atoms with E-state index in [9.17, 15) is 14.0 Å². The molecule has 0 saturated carbocycles. The highest BCUT2D eigenvalue weighted by molar-refractivity contribution is 5.91. The van der Waals surface area contributed by atoms with Gasteiger partial charge in [0.15, 0.2) is 0 Å². The Balaban J connectivity index is 1.78. The summed E-state index contributed by atoms with van der Waals surface area (Å²) in [5.74, 6) is -0.786. The highest BCUT2D eigenvalue weighted by Crippen LogP contribution is 2.19. The lowest BCUT2D eigenvalue weighted by Crippen LogP contribution is -2.27. The maximum Gasteiger partial charge on any atom is 0.254 e. The summed E-state index contributed by atoms with van der Waals surface area (Å²) >= 11 is 0. The molecule has 0 spiro atoms. The predicted octanol–water partition coefficient (Wildman–Crippen LogP) is 3.30. The van der Waals surface area contributed by atoms with Crippen molar-refractivity contribution < 1.29 is 9.18 Å². The molecular formula is C20H18FN3O2. The van der Waals surface area contributed by atoms with Gasteiger partial charge in [-0.15, -0.1) is 0 Å². The molecule has 0 fully saturated rings. The van der Waals surface area contributed by atoms with Gasteiger partial charge in [-0.3, -0.25) is 14.2 Å². The standard InChI is InChI=1S/C20H18FN3O2/c1-13-6-5-9-17(14(13)2)23-19(25)11-24-12-22-18(10-20(24)26)15-7-3-4-8-16(15)21/h3-10,12H,11H2,1-2H3,(H,23,25). The number of aryl methyl sites for hydroxylation is 1. The molecule has 0 saturated heterocycles. The van der Waals surface area contributed by atoms with E-state index in [0.29, 0.717) is 5.69 Å². The molecule has 0 atom stereocenters. The van der Waals surface area contributed by atoms with Crippen LogP contribution in [0.15, 0.2) is 59.7 Å². The summed E-state index contributed by atoms with van der Waals surface area (Å²) in [6, 6.07) is 12.9. The fourth-order valence-electron chi connectivity index (χ4n) is 2.59. The molecule has 0 aliphatic heterocycles. The number of nitrogens with zero attached hydrogens (tertiary/aromatic N) is 2. The third kappa shape index (κ3) is 3.69. The van der Waals surface area contributed by atoms with Crippen LogP contribution in [0.4, 0.5) is 10.1 Å². The minimum absolute atomic E-state index is 0.170. The van der Waals surface area contributed by atoms with Crippen molar-refractivity contribution in [3.8, 4) is 11.3 Å². The Kier molecular flexibility index (Phi) is 4.93. The molecule has 26 heavy (non-hydrogen) atoms. The Bertz CT molecular complexity index is 1030. The first-order valence-corrected chi connectivity index (χ1v) is 8.13. The smallest absolute Gasteiger partial charge is 0.254 e. The zero-order chi connectivity index (χ0) is 18.7. The normalized spacial score (nSPS) is 10.6. The number of anilines is 1. The lowest BCUT2D eigenvalue weighted by Gasteiger charge is -2.11. The Morgan fingerprint density at radius 3 is 2.65 bits per heavy atom. The number of hydrogen-bond donors (Lipinski definition) is 1. The van der Waals surface area contributed by atoms with Crippen LogP contribution < -0.4 is 10.9 Å². The Labute approximate surface area is 150 Å². The van der Waals surface area contributed by atoms with Gasteiger partial charge in [0.25, 0.3) is 5.56 Å². The van der Waals surface area contributed by atoms with E-state index in [-0.39, 0.29) is 23.7 Å². The highest BCUT2D eigenvalue weighted by Gasteiger charge is 2.11. The first kappa shape index (κ1) is 17.5. The number of halogens is 1. The average Bonchev–Trinajstić information content (AvgIpc) is 2.61. The third-order valence-corrected chi connectivity index (χ3v) is 4.22. The molecule has 1 amide bonds. The molecule has 0 aliphatic rings. The van der Waals surface area contributed by atoms with Gasteiger partial charge in [0.2, 0.25) is 5.91 Å². The second kappa shape index (κ2) is 7.31. The van der Waals surface area contributed by atoms with E-state index in [1.54, 1.807) is 18.2 Å². The highest BCUT2D eigenvalue weighted by atomic mass is 19.1. The molecule has 0 aliphatic carbocycles. The SMILES string of the molecule is Cc1cccc(NC(=O)Cn2cnc(-c3ccccc3F)cc2=O)c1C. The van der Waals surface area contributed by atoms with Gasteiger partial charge >= 0.3 is 0 Å². The van der Waals surface area contributed by atoms with Gasteiger partial charge in [0.05, 0.1) is 12.0 Å². The molecule has 0 radical (unpaired) electrons. The van der Waals surface area contributed by atoms with Gasteiger partial charge in [-0.2, -0.15) is 0 Å². The van der Waals surface area contributed by atoms with Crippen LogP contribution in [-0.2, 0) is 11.3 Å². The van der Waals surface area contributed by atoms with Crippen molar-refractivity contribution in [3.05, 3.63) is 82.2 Å². The third-order valence-electron chi connectivity index (χ3n) is 4.22. The van der Waals surface area contributed by atoms with Crippen molar-refractivity contribution in [3.63, 3.8) is 0 Å². The Morgan fingerprint density at radius 2 is 1.92 bits per heavy atom. The van der Waals surface area contributed by atoms with Gasteiger partial charge in [-0.25, -0.2) is 9.37 Å². The number of hydrogen-bond acceptors (Lipinski definition) is 3. The summed E-state index contributed by atoms with van der Waals surface area (Å²) in [7, 11) is 0. The van der Waals surface area contributed by atoms with E-state index in [1.807, 2.05) is 32.0 Å². The number of carbonyl (C=O) groups is 1. The number of nitrogens with one attached hydrogen (secondary N) is 1. The average molecular weight is 351 g/mol. The van der Waals surface area contributed by atoms with Crippen molar-refractivity contribution in [2.45, 2.75) is 20.4 Å². The summed E-state index contributed by atoms with van der Waals surface area (Å²) in [5, 5.41) is 2.80. The van der Waals surface area contributed by atoms with E-state index in [1.165, 1.54) is 23.0 Å².